The van der Waals surface area contributed by atoms with Crippen LogP contribution in [0.15, 0.2) is 42.3 Å². The highest BCUT2D eigenvalue weighted by Gasteiger charge is 2.15. The molecule has 0 bridgehead atoms. The molecule has 0 saturated carbocycles. The van der Waals surface area contributed by atoms with Gasteiger partial charge in [-0.1, -0.05) is 12.1 Å². The van der Waals surface area contributed by atoms with Crippen LogP contribution in [0.3, 0.4) is 0 Å². The third-order valence-electron chi connectivity index (χ3n) is 1.83. The van der Waals surface area contributed by atoms with E-state index in [1.165, 1.54) is 0 Å². The zero-order valence-corrected chi connectivity index (χ0v) is 9.34. The smallest absolute Gasteiger partial charge is 0.372 e. The summed E-state index contributed by atoms with van der Waals surface area (Å²) in [6, 6.07) is 3.15. The lowest BCUT2D eigenvalue weighted by Crippen LogP contribution is -2.08. The maximum Gasteiger partial charge on any atom is 0.372 e. The minimum absolute atomic E-state index is 0.546. The predicted molar refractivity (Wildman–Crippen MR) is 59.7 cm³/mol. The zero-order valence-electron chi connectivity index (χ0n) is 9.34. The third-order valence-corrected chi connectivity index (χ3v) is 1.83. The number of carboxylic acid groups (broad SMARTS) is 1. The van der Waals surface area contributed by atoms with Crippen molar-refractivity contribution in [2.24, 2.45) is 0 Å². The third kappa shape index (κ3) is 4.23. The molecule has 1 aromatic rings. The molecule has 0 spiro atoms. The van der Waals surface area contributed by atoms with Crippen molar-refractivity contribution in [3.63, 3.8) is 0 Å². The van der Waals surface area contributed by atoms with Crippen LogP contribution in [-0.2, 0) is 9.59 Å². The molecule has 0 amide bonds. The molecular formula is C12H8F2O5. The summed E-state index contributed by atoms with van der Waals surface area (Å²) < 4.78 is 30.4. The lowest BCUT2D eigenvalue weighted by Gasteiger charge is -2.04. The van der Waals surface area contributed by atoms with E-state index in [1.54, 1.807) is 0 Å². The highest BCUT2D eigenvalue weighted by molar-refractivity contribution is 5.89. The van der Waals surface area contributed by atoms with E-state index in [9.17, 15) is 23.5 Å². The van der Waals surface area contributed by atoms with Crippen molar-refractivity contribution in [2.75, 3.05) is 0 Å². The summed E-state index contributed by atoms with van der Waals surface area (Å²) in [6.07, 6.45) is 1.95. The van der Waals surface area contributed by atoms with E-state index in [4.69, 9.17) is 5.11 Å². The van der Waals surface area contributed by atoms with E-state index in [-0.39, 0.29) is 0 Å². The van der Waals surface area contributed by atoms with Crippen LogP contribution < -0.4 is 4.74 Å². The number of carboxylic acids is 1. The quantitative estimate of drug-likeness (QED) is 0.378. The first-order valence-electron chi connectivity index (χ1n) is 4.88. The number of carbonyl (C=O) groups excluding carboxylic acids is 1. The number of ether oxygens (including phenoxy) is 1. The van der Waals surface area contributed by atoms with Gasteiger partial charge in [-0.3, -0.25) is 0 Å². The topological polar surface area (TPSA) is 83.8 Å². The fourth-order valence-corrected chi connectivity index (χ4v) is 1.01. The molecule has 1 aromatic carbocycles. The van der Waals surface area contributed by atoms with Crippen molar-refractivity contribution in [2.45, 2.75) is 0 Å². The number of hydrogen-bond donors (Lipinski definition) is 2. The van der Waals surface area contributed by atoms with Crippen molar-refractivity contribution in [3.05, 3.63) is 48.1 Å². The first kappa shape index (κ1) is 14.4. The predicted octanol–water partition coefficient (Wildman–Crippen LogP) is 1.93. The van der Waals surface area contributed by atoms with E-state index in [1.807, 2.05) is 0 Å². The maximum atomic E-state index is 13.1. The van der Waals surface area contributed by atoms with E-state index in [2.05, 4.69) is 4.74 Å². The van der Waals surface area contributed by atoms with Crippen LogP contribution in [0.25, 0.3) is 0 Å². The van der Waals surface area contributed by atoms with Crippen LogP contribution in [0.1, 0.15) is 0 Å². The number of hydrogen-bond acceptors (Lipinski definition) is 4. The second-order valence-corrected chi connectivity index (χ2v) is 3.19. The van der Waals surface area contributed by atoms with Gasteiger partial charge in [-0.25, -0.2) is 14.0 Å². The van der Waals surface area contributed by atoms with Crippen molar-refractivity contribution >= 4 is 11.9 Å². The molecule has 0 aliphatic heterocycles. The largest absolute Gasteiger partial charge is 0.502 e. The standard InChI is InChI=1S/C12H8F2O5/c13-7-3-1-5-9(11(7)17)19-12(18)8(14)4-2-6-10(15)16/h1-6,17H,(H,15,16). The summed E-state index contributed by atoms with van der Waals surface area (Å²) in [4.78, 5) is 21.3. The number of phenolic OH excluding ortho intramolecular Hbond substituents is 1. The molecular weight excluding hydrogens is 262 g/mol. The van der Waals surface area contributed by atoms with Crippen LogP contribution in [0.4, 0.5) is 8.78 Å². The summed E-state index contributed by atoms with van der Waals surface area (Å²) >= 11 is 0. The van der Waals surface area contributed by atoms with Crippen molar-refractivity contribution in [3.8, 4) is 11.5 Å². The molecule has 2 N–H and O–H groups in total. The lowest BCUT2D eigenvalue weighted by molar-refractivity contribution is -0.132. The fraction of sp³-hybridized carbons (Fsp3) is 0. The average Bonchev–Trinajstić information content (AvgIpc) is 2.34. The molecule has 0 radical (unpaired) electrons. The molecule has 5 nitrogen and oxygen atoms in total. The summed E-state index contributed by atoms with van der Waals surface area (Å²) in [5, 5.41) is 17.4. The van der Waals surface area contributed by atoms with Gasteiger partial charge in [0.15, 0.2) is 17.3 Å². The average molecular weight is 270 g/mol. The zero-order chi connectivity index (χ0) is 14.4. The maximum absolute atomic E-state index is 13.1. The summed E-state index contributed by atoms with van der Waals surface area (Å²) in [5.74, 6) is -6.71. The Bertz CT molecular complexity index is 563. The van der Waals surface area contributed by atoms with Gasteiger partial charge in [0.2, 0.25) is 5.83 Å². The van der Waals surface area contributed by atoms with Crippen LogP contribution in [-0.4, -0.2) is 22.2 Å². The second kappa shape index (κ2) is 6.29. The second-order valence-electron chi connectivity index (χ2n) is 3.19. The SMILES string of the molecule is O=C(O)C=CC=C(F)C(=O)Oc1cccc(F)c1O. The monoisotopic (exact) mass is 270 g/mol. The highest BCUT2D eigenvalue weighted by Crippen LogP contribution is 2.28. The Kier molecular flexibility index (Phi) is 4.76. The Morgan fingerprint density at radius 1 is 1.32 bits per heavy atom. The normalized spacial score (nSPS) is 11.6. The van der Waals surface area contributed by atoms with Gasteiger partial charge in [0, 0.05) is 6.08 Å². The molecule has 1 rings (SSSR count). The number of benzene rings is 1. The molecule has 100 valence electrons. The number of halogens is 2. The van der Waals surface area contributed by atoms with Gasteiger partial charge in [0.1, 0.15) is 0 Å². The minimum Gasteiger partial charge on any atom is -0.502 e. The van der Waals surface area contributed by atoms with Crippen LogP contribution in [0, 0.1) is 5.82 Å². The van der Waals surface area contributed by atoms with Crippen LogP contribution >= 0.6 is 0 Å². The molecule has 7 heteroatoms. The molecule has 0 aromatic heterocycles. The minimum atomic E-state index is -1.49. The molecule has 0 unspecified atom stereocenters. The van der Waals surface area contributed by atoms with Gasteiger partial charge >= 0.3 is 11.9 Å². The number of carbonyl (C=O) groups is 2. The molecule has 19 heavy (non-hydrogen) atoms. The Hall–Kier alpha value is -2.70. The number of rotatable bonds is 4. The Labute approximate surface area is 106 Å². The number of allylic oxidation sites excluding steroid dienone is 2. The van der Waals surface area contributed by atoms with Gasteiger partial charge in [-0.2, -0.15) is 4.39 Å². The summed E-state index contributed by atoms with van der Waals surface area (Å²) in [6.45, 7) is 0. The van der Waals surface area contributed by atoms with E-state index in [0.29, 0.717) is 12.2 Å². The van der Waals surface area contributed by atoms with Gasteiger partial charge in [-0.05, 0) is 18.2 Å². The lowest BCUT2D eigenvalue weighted by atomic mass is 10.3. The number of para-hydroxylation sites is 1. The van der Waals surface area contributed by atoms with Crippen molar-refractivity contribution in [1.82, 2.24) is 0 Å². The first-order valence-corrected chi connectivity index (χ1v) is 4.88. The Balaban J connectivity index is 2.80. The molecule has 0 aliphatic rings. The number of aromatic hydroxyl groups is 1. The van der Waals surface area contributed by atoms with E-state index >= 15 is 0 Å². The summed E-state index contributed by atoms with van der Waals surface area (Å²) in [7, 11) is 0. The molecule has 0 atom stereocenters. The molecule has 0 aliphatic carbocycles. The Morgan fingerprint density at radius 2 is 2.00 bits per heavy atom. The first-order chi connectivity index (χ1) is 8.91. The fourth-order valence-electron chi connectivity index (χ4n) is 1.01. The highest BCUT2D eigenvalue weighted by atomic mass is 19.1. The van der Waals surface area contributed by atoms with Crippen molar-refractivity contribution in [1.29, 1.82) is 0 Å². The Morgan fingerprint density at radius 3 is 2.63 bits per heavy atom. The van der Waals surface area contributed by atoms with Gasteiger partial charge < -0.3 is 14.9 Å². The number of aliphatic carboxylic acids is 1. The van der Waals surface area contributed by atoms with Crippen molar-refractivity contribution < 1.29 is 33.3 Å². The van der Waals surface area contributed by atoms with Gasteiger partial charge in [0.05, 0.1) is 0 Å². The van der Waals surface area contributed by atoms with Gasteiger partial charge in [0.25, 0.3) is 0 Å². The molecule has 0 saturated heterocycles. The van der Waals surface area contributed by atoms with Crippen LogP contribution in [0.5, 0.6) is 11.5 Å². The summed E-state index contributed by atoms with van der Waals surface area (Å²) in [5.41, 5.74) is 0. The van der Waals surface area contributed by atoms with E-state index in [0.717, 1.165) is 24.3 Å². The van der Waals surface area contributed by atoms with Gasteiger partial charge in [-0.15, -0.1) is 0 Å². The molecule has 0 heterocycles. The van der Waals surface area contributed by atoms with Crippen LogP contribution in [0.2, 0.25) is 0 Å². The number of esters is 1. The molecule has 0 fully saturated rings. The number of phenols is 1. The van der Waals surface area contributed by atoms with E-state index < -0.39 is 35.1 Å².